The molecular weight excluding hydrogens is 297 g/mol. The molecule has 0 saturated carbocycles. The summed E-state index contributed by atoms with van der Waals surface area (Å²) in [4.78, 5) is 11.5. The fourth-order valence-corrected chi connectivity index (χ4v) is 1.42. The maximum absolute atomic E-state index is 11.8. The number of hydrogen-bond donors (Lipinski definition) is 2. The molecule has 0 bridgehead atoms. The van der Waals surface area contributed by atoms with E-state index in [1.54, 1.807) is 6.07 Å². The molecule has 0 saturated heterocycles. The van der Waals surface area contributed by atoms with Crippen molar-refractivity contribution in [3.8, 4) is 0 Å². The monoisotopic (exact) mass is 310 g/mol. The zero-order valence-electron chi connectivity index (χ0n) is 10.5. The molecule has 0 aliphatic rings. The molecule has 0 aliphatic heterocycles. The lowest BCUT2D eigenvalue weighted by Gasteiger charge is -2.08. The van der Waals surface area contributed by atoms with Gasteiger partial charge in [0.15, 0.2) is 0 Å². The zero-order valence-corrected chi connectivity index (χ0v) is 11.2. The Kier molecular flexibility index (Phi) is 6.09. The summed E-state index contributed by atoms with van der Waals surface area (Å²) < 4.78 is 40.2. The summed E-state index contributed by atoms with van der Waals surface area (Å²) in [6.07, 6.45) is -5.31. The standard InChI is InChI=1S/C12H14ClF3N2O2/c13-9-2-1-8(7-10(9)17)18-11(19)3-5-20-6-4-12(14,15)16/h1-2,7H,3-6,17H2,(H,18,19). The van der Waals surface area contributed by atoms with Crippen LogP contribution < -0.4 is 11.1 Å². The van der Waals surface area contributed by atoms with E-state index in [0.717, 1.165) is 0 Å². The maximum Gasteiger partial charge on any atom is 0.391 e. The topological polar surface area (TPSA) is 64.3 Å². The van der Waals surface area contributed by atoms with Crippen LogP contribution in [0.3, 0.4) is 0 Å². The van der Waals surface area contributed by atoms with Crippen LogP contribution in [0, 0.1) is 0 Å². The number of nitrogens with one attached hydrogen (secondary N) is 1. The SMILES string of the molecule is Nc1cc(NC(=O)CCOCCC(F)(F)F)ccc1Cl. The van der Waals surface area contributed by atoms with Gasteiger partial charge in [-0.2, -0.15) is 13.2 Å². The molecule has 1 aromatic carbocycles. The van der Waals surface area contributed by atoms with Crippen LogP contribution in [0.4, 0.5) is 24.5 Å². The van der Waals surface area contributed by atoms with Crippen molar-refractivity contribution in [2.24, 2.45) is 0 Å². The van der Waals surface area contributed by atoms with Gasteiger partial charge in [0.05, 0.1) is 36.8 Å². The number of amides is 1. The number of nitrogen functional groups attached to an aromatic ring is 1. The molecule has 1 aromatic rings. The van der Waals surface area contributed by atoms with Crippen molar-refractivity contribution in [1.29, 1.82) is 0 Å². The summed E-state index contributed by atoms with van der Waals surface area (Å²) in [5.41, 5.74) is 6.35. The molecule has 112 valence electrons. The van der Waals surface area contributed by atoms with E-state index in [1.165, 1.54) is 12.1 Å². The molecule has 8 heteroatoms. The Balaban J connectivity index is 2.25. The highest BCUT2D eigenvalue weighted by atomic mass is 35.5. The summed E-state index contributed by atoms with van der Waals surface area (Å²) in [6.45, 7) is -0.532. The van der Waals surface area contributed by atoms with Crippen LogP contribution in [0.1, 0.15) is 12.8 Å². The average molecular weight is 311 g/mol. The van der Waals surface area contributed by atoms with Gasteiger partial charge in [-0.3, -0.25) is 4.79 Å². The van der Waals surface area contributed by atoms with Gasteiger partial charge in [-0.15, -0.1) is 0 Å². The molecule has 1 rings (SSSR count). The highest BCUT2D eigenvalue weighted by molar-refractivity contribution is 6.33. The fraction of sp³-hybridized carbons (Fsp3) is 0.417. The first kappa shape index (κ1) is 16.6. The van der Waals surface area contributed by atoms with Crippen molar-refractivity contribution in [3.05, 3.63) is 23.2 Å². The van der Waals surface area contributed by atoms with Crippen molar-refractivity contribution in [2.75, 3.05) is 24.3 Å². The van der Waals surface area contributed by atoms with Crippen LogP contribution in [0.2, 0.25) is 5.02 Å². The van der Waals surface area contributed by atoms with Crippen LogP contribution in [0.25, 0.3) is 0 Å². The molecule has 0 heterocycles. The Bertz CT molecular complexity index is 467. The van der Waals surface area contributed by atoms with E-state index in [1.807, 2.05) is 0 Å². The smallest absolute Gasteiger partial charge is 0.391 e. The number of ether oxygens (including phenoxy) is 1. The van der Waals surface area contributed by atoms with E-state index in [4.69, 9.17) is 22.1 Å². The van der Waals surface area contributed by atoms with Gasteiger partial charge < -0.3 is 15.8 Å². The third kappa shape index (κ3) is 6.63. The summed E-state index contributed by atoms with van der Waals surface area (Å²) in [5.74, 6) is -0.376. The summed E-state index contributed by atoms with van der Waals surface area (Å²) in [6, 6.07) is 4.60. The van der Waals surface area contributed by atoms with Crippen molar-refractivity contribution in [1.82, 2.24) is 0 Å². The van der Waals surface area contributed by atoms with E-state index in [2.05, 4.69) is 5.32 Å². The molecule has 20 heavy (non-hydrogen) atoms. The lowest BCUT2D eigenvalue weighted by atomic mass is 10.2. The third-order valence-corrected chi connectivity index (χ3v) is 2.63. The third-order valence-electron chi connectivity index (χ3n) is 2.28. The zero-order chi connectivity index (χ0) is 15.2. The van der Waals surface area contributed by atoms with Gasteiger partial charge in [0, 0.05) is 5.69 Å². The number of alkyl halides is 3. The molecule has 1 amide bonds. The van der Waals surface area contributed by atoms with E-state index in [0.29, 0.717) is 16.4 Å². The number of carbonyl (C=O) groups excluding carboxylic acids is 1. The van der Waals surface area contributed by atoms with E-state index in [9.17, 15) is 18.0 Å². The Morgan fingerprint density at radius 1 is 1.35 bits per heavy atom. The van der Waals surface area contributed by atoms with Crippen molar-refractivity contribution in [2.45, 2.75) is 19.0 Å². The number of benzene rings is 1. The molecule has 0 radical (unpaired) electrons. The first-order valence-corrected chi connectivity index (χ1v) is 6.15. The van der Waals surface area contributed by atoms with E-state index in [-0.39, 0.29) is 18.9 Å². The van der Waals surface area contributed by atoms with E-state index < -0.39 is 19.2 Å². The maximum atomic E-state index is 11.8. The molecule has 3 N–H and O–H groups in total. The summed E-state index contributed by atoms with van der Waals surface area (Å²) in [7, 11) is 0. The second-order valence-corrected chi connectivity index (χ2v) is 4.42. The molecule has 0 aliphatic carbocycles. The van der Waals surface area contributed by atoms with Gasteiger partial charge in [-0.25, -0.2) is 0 Å². The Morgan fingerprint density at radius 2 is 2.05 bits per heavy atom. The van der Waals surface area contributed by atoms with Crippen LogP contribution in [0.5, 0.6) is 0 Å². The quantitative estimate of drug-likeness (QED) is 0.626. The van der Waals surface area contributed by atoms with Crippen molar-refractivity contribution >= 4 is 28.9 Å². The second kappa shape index (κ2) is 7.35. The molecule has 0 spiro atoms. The average Bonchev–Trinajstić information content (AvgIpc) is 2.32. The molecule has 4 nitrogen and oxygen atoms in total. The van der Waals surface area contributed by atoms with Crippen LogP contribution >= 0.6 is 11.6 Å². The first-order valence-electron chi connectivity index (χ1n) is 5.77. The molecule has 0 unspecified atom stereocenters. The van der Waals surface area contributed by atoms with Crippen LogP contribution in [-0.2, 0) is 9.53 Å². The number of hydrogen-bond acceptors (Lipinski definition) is 3. The molecule has 0 aromatic heterocycles. The Morgan fingerprint density at radius 3 is 2.65 bits per heavy atom. The molecular formula is C12H14ClF3N2O2. The van der Waals surface area contributed by atoms with Crippen molar-refractivity contribution in [3.63, 3.8) is 0 Å². The van der Waals surface area contributed by atoms with Gasteiger partial charge in [0.1, 0.15) is 0 Å². The summed E-state index contributed by atoms with van der Waals surface area (Å²) in [5, 5.41) is 2.91. The van der Waals surface area contributed by atoms with Gasteiger partial charge >= 0.3 is 6.18 Å². The Labute approximate surface area is 119 Å². The highest BCUT2D eigenvalue weighted by Gasteiger charge is 2.26. The predicted molar refractivity (Wildman–Crippen MR) is 70.6 cm³/mol. The van der Waals surface area contributed by atoms with Gasteiger partial charge in [0.2, 0.25) is 5.91 Å². The molecule has 0 fully saturated rings. The van der Waals surface area contributed by atoms with Crippen LogP contribution in [0.15, 0.2) is 18.2 Å². The number of anilines is 2. The largest absolute Gasteiger partial charge is 0.397 e. The van der Waals surface area contributed by atoms with Gasteiger partial charge in [-0.1, -0.05) is 11.6 Å². The normalized spacial score (nSPS) is 11.4. The fourth-order valence-electron chi connectivity index (χ4n) is 1.30. The van der Waals surface area contributed by atoms with Crippen LogP contribution in [-0.4, -0.2) is 25.3 Å². The first-order chi connectivity index (χ1) is 9.28. The summed E-state index contributed by atoms with van der Waals surface area (Å²) >= 11 is 5.72. The predicted octanol–water partition coefficient (Wildman–Crippen LogP) is 3.22. The lowest BCUT2D eigenvalue weighted by Crippen LogP contribution is -2.16. The minimum Gasteiger partial charge on any atom is -0.397 e. The lowest BCUT2D eigenvalue weighted by molar-refractivity contribution is -0.145. The van der Waals surface area contributed by atoms with Gasteiger partial charge in [0.25, 0.3) is 0 Å². The highest BCUT2D eigenvalue weighted by Crippen LogP contribution is 2.22. The number of halogens is 4. The number of nitrogens with two attached hydrogens (primary N) is 1. The minimum atomic E-state index is -4.25. The second-order valence-electron chi connectivity index (χ2n) is 4.01. The van der Waals surface area contributed by atoms with Gasteiger partial charge in [-0.05, 0) is 18.2 Å². The number of rotatable bonds is 6. The number of carbonyl (C=O) groups is 1. The van der Waals surface area contributed by atoms with E-state index >= 15 is 0 Å². The minimum absolute atomic E-state index is 0.0413. The van der Waals surface area contributed by atoms with Crippen molar-refractivity contribution < 1.29 is 22.7 Å². The Hall–Kier alpha value is -1.47. The molecule has 0 atom stereocenters.